The van der Waals surface area contributed by atoms with E-state index in [9.17, 15) is 4.79 Å². The standard InChI is InChI=1S/C14H22N4O/c1-3-18(11-4-5-11)9-8-17-14(19)12-10-16-7-6-13(12)15-2/h6-7,10-11H,3-5,8-9H2,1-2H3,(H,15,16)(H,17,19). The Kier molecular flexibility index (Phi) is 4.74. The molecule has 0 unspecified atom stereocenters. The Morgan fingerprint density at radius 2 is 2.32 bits per heavy atom. The molecule has 0 saturated heterocycles. The van der Waals surface area contributed by atoms with Crippen molar-refractivity contribution in [2.24, 2.45) is 0 Å². The first-order valence-corrected chi connectivity index (χ1v) is 6.90. The van der Waals surface area contributed by atoms with Gasteiger partial charge in [-0.15, -0.1) is 0 Å². The van der Waals surface area contributed by atoms with Gasteiger partial charge >= 0.3 is 0 Å². The van der Waals surface area contributed by atoms with Crippen molar-refractivity contribution in [3.8, 4) is 0 Å². The maximum absolute atomic E-state index is 12.1. The van der Waals surface area contributed by atoms with Crippen LogP contribution in [0.15, 0.2) is 18.5 Å². The third-order valence-corrected chi connectivity index (χ3v) is 3.49. The second-order valence-electron chi connectivity index (χ2n) is 4.79. The van der Waals surface area contributed by atoms with E-state index in [1.165, 1.54) is 12.8 Å². The van der Waals surface area contributed by atoms with Crippen LogP contribution in [0.1, 0.15) is 30.1 Å². The molecule has 104 valence electrons. The number of nitrogens with zero attached hydrogens (tertiary/aromatic N) is 2. The van der Waals surface area contributed by atoms with Gasteiger partial charge in [0.25, 0.3) is 5.91 Å². The van der Waals surface area contributed by atoms with Gasteiger partial charge in [0, 0.05) is 44.3 Å². The Bertz CT molecular complexity index is 431. The van der Waals surface area contributed by atoms with Gasteiger partial charge in [0.05, 0.1) is 5.56 Å². The van der Waals surface area contributed by atoms with Crippen LogP contribution in [0, 0.1) is 0 Å². The van der Waals surface area contributed by atoms with Gasteiger partial charge in [0.15, 0.2) is 0 Å². The van der Waals surface area contributed by atoms with Crippen LogP contribution >= 0.6 is 0 Å². The molecule has 5 heteroatoms. The molecule has 0 spiro atoms. The third kappa shape index (κ3) is 3.67. The number of carbonyl (C=O) groups excluding carboxylic acids is 1. The second kappa shape index (κ2) is 6.52. The number of nitrogens with one attached hydrogen (secondary N) is 2. The first-order chi connectivity index (χ1) is 9.26. The number of aromatic nitrogens is 1. The molecular formula is C14H22N4O. The summed E-state index contributed by atoms with van der Waals surface area (Å²) in [5.41, 5.74) is 1.40. The molecule has 2 rings (SSSR count). The summed E-state index contributed by atoms with van der Waals surface area (Å²) in [5.74, 6) is -0.0655. The van der Waals surface area contributed by atoms with Crippen molar-refractivity contribution >= 4 is 11.6 Å². The van der Waals surface area contributed by atoms with Crippen molar-refractivity contribution in [1.82, 2.24) is 15.2 Å². The third-order valence-electron chi connectivity index (χ3n) is 3.49. The molecule has 1 amide bonds. The predicted molar refractivity (Wildman–Crippen MR) is 76.4 cm³/mol. The summed E-state index contributed by atoms with van der Waals surface area (Å²) in [5, 5.41) is 5.96. The smallest absolute Gasteiger partial charge is 0.254 e. The minimum absolute atomic E-state index is 0.0655. The Balaban J connectivity index is 1.83. The summed E-state index contributed by atoms with van der Waals surface area (Å²) in [7, 11) is 1.80. The highest BCUT2D eigenvalue weighted by atomic mass is 16.1. The second-order valence-corrected chi connectivity index (χ2v) is 4.79. The molecule has 1 heterocycles. The van der Waals surface area contributed by atoms with E-state index in [1.807, 2.05) is 0 Å². The number of carbonyl (C=O) groups is 1. The van der Waals surface area contributed by atoms with Crippen LogP contribution < -0.4 is 10.6 Å². The van der Waals surface area contributed by atoms with Crippen LogP contribution in [0.2, 0.25) is 0 Å². The van der Waals surface area contributed by atoms with E-state index in [0.717, 1.165) is 24.8 Å². The zero-order valence-electron chi connectivity index (χ0n) is 11.6. The molecule has 2 N–H and O–H groups in total. The Morgan fingerprint density at radius 3 is 2.95 bits per heavy atom. The van der Waals surface area contributed by atoms with Crippen LogP contribution in [0.4, 0.5) is 5.69 Å². The number of pyridine rings is 1. The molecule has 1 saturated carbocycles. The quantitative estimate of drug-likeness (QED) is 0.778. The molecular weight excluding hydrogens is 240 g/mol. The fraction of sp³-hybridized carbons (Fsp3) is 0.571. The summed E-state index contributed by atoms with van der Waals surface area (Å²) in [6.07, 6.45) is 5.87. The molecule has 0 atom stereocenters. The van der Waals surface area contributed by atoms with E-state index >= 15 is 0 Å². The number of amides is 1. The lowest BCUT2D eigenvalue weighted by atomic mass is 10.2. The minimum Gasteiger partial charge on any atom is -0.387 e. The van der Waals surface area contributed by atoms with Crippen LogP contribution in [-0.2, 0) is 0 Å². The molecule has 1 aliphatic rings. The van der Waals surface area contributed by atoms with Gasteiger partial charge in [-0.2, -0.15) is 0 Å². The van der Waals surface area contributed by atoms with E-state index in [4.69, 9.17) is 0 Å². The predicted octanol–water partition coefficient (Wildman–Crippen LogP) is 1.34. The van der Waals surface area contributed by atoms with Gasteiger partial charge in [-0.1, -0.05) is 6.92 Å². The highest BCUT2D eigenvalue weighted by Crippen LogP contribution is 2.25. The van der Waals surface area contributed by atoms with Gasteiger partial charge in [-0.05, 0) is 25.5 Å². The van der Waals surface area contributed by atoms with Gasteiger partial charge in [0.2, 0.25) is 0 Å². The Hall–Kier alpha value is -1.62. The fourth-order valence-electron chi connectivity index (χ4n) is 2.24. The molecule has 0 radical (unpaired) electrons. The van der Waals surface area contributed by atoms with E-state index in [1.54, 1.807) is 25.5 Å². The lowest BCUT2D eigenvalue weighted by Crippen LogP contribution is -2.36. The van der Waals surface area contributed by atoms with E-state index < -0.39 is 0 Å². The molecule has 1 aromatic rings. The minimum atomic E-state index is -0.0655. The zero-order valence-corrected chi connectivity index (χ0v) is 11.6. The lowest BCUT2D eigenvalue weighted by molar-refractivity contribution is 0.0948. The van der Waals surface area contributed by atoms with Crippen LogP contribution in [0.3, 0.4) is 0 Å². The van der Waals surface area contributed by atoms with E-state index in [-0.39, 0.29) is 5.91 Å². The fourth-order valence-corrected chi connectivity index (χ4v) is 2.24. The van der Waals surface area contributed by atoms with Crippen LogP contribution in [0.5, 0.6) is 0 Å². The number of rotatable bonds is 7. The summed E-state index contributed by atoms with van der Waals surface area (Å²) >= 11 is 0. The molecule has 0 bridgehead atoms. The summed E-state index contributed by atoms with van der Waals surface area (Å²) in [4.78, 5) is 18.5. The topological polar surface area (TPSA) is 57.3 Å². The maximum atomic E-state index is 12.1. The highest BCUT2D eigenvalue weighted by molar-refractivity contribution is 5.99. The molecule has 0 aliphatic heterocycles. The van der Waals surface area contributed by atoms with Crippen LogP contribution in [-0.4, -0.2) is 48.5 Å². The molecule has 1 aromatic heterocycles. The van der Waals surface area contributed by atoms with Crippen LogP contribution in [0.25, 0.3) is 0 Å². The Labute approximate surface area is 114 Å². The highest BCUT2D eigenvalue weighted by Gasteiger charge is 2.27. The number of hydrogen-bond donors (Lipinski definition) is 2. The van der Waals surface area contributed by atoms with Crippen molar-refractivity contribution in [3.05, 3.63) is 24.0 Å². The van der Waals surface area contributed by atoms with Crippen molar-refractivity contribution in [1.29, 1.82) is 0 Å². The monoisotopic (exact) mass is 262 g/mol. The van der Waals surface area contributed by atoms with E-state index in [2.05, 4.69) is 27.4 Å². The zero-order chi connectivity index (χ0) is 13.7. The van der Waals surface area contributed by atoms with Crippen molar-refractivity contribution in [2.75, 3.05) is 32.0 Å². The molecule has 1 fully saturated rings. The van der Waals surface area contributed by atoms with Gasteiger partial charge in [-0.3, -0.25) is 14.7 Å². The largest absolute Gasteiger partial charge is 0.387 e. The SMILES string of the molecule is CCN(CCNC(=O)c1cnccc1NC)C1CC1. The summed E-state index contributed by atoms with van der Waals surface area (Å²) in [6, 6.07) is 2.55. The van der Waals surface area contributed by atoms with Gasteiger partial charge < -0.3 is 10.6 Å². The molecule has 0 aromatic carbocycles. The van der Waals surface area contributed by atoms with Crippen molar-refractivity contribution in [3.63, 3.8) is 0 Å². The number of hydrogen-bond acceptors (Lipinski definition) is 4. The number of anilines is 1. The summed E-state index contributed by atoms with van der Waals surface area (Å²) < 4.78 is 0. The summed E-state index contributed by atoms with van der Waals surface area (Å²) in [6.45, 7) is 4.82. The van der Waals surface area contributed by atoms with E-state index in [0.29, 0.717) is 12.1 Å². The molecule has 19 heavy (non-hydrogen) atoms. The Morgan fingerprint density at radius 1 is 1.53 bits per heavy atom. The van der Waals surface area contributed by atoms with Crippen molar-refractivity contribution in [2.45, 2.75) is 25.8 Å². The first kappa shape index (κ1) is 13.8. The normalized spacial score (nSPS) is 14.5. The lowest BCUT2D eigenvalue weighted by Gasteiger charge is -2.19. The van der Waals surface area contributed by atoms with Crippen molar-refractivity contribution < 1.29 is 4.79 Å². The average molecular weight is 262 g/mol. The maximum Gasteiger partial charge on any atom is 0.254 e. The molecule has 1 aliphatic carbocycles. The number of likely N-dealkylation sites (N-methyl/N-ethyl adjacent to an activating group) is 1. The molecule has 5 nitrogen and oxygen atoms in total. The average Bonchev–Trinajstić information content (AvgIpc) is 3.28. The first-order valence-electron chi connectivity index (χ1n) is 6.90. The van der Waals surface area contributed by atoms with Gasteiger partial charge in [-0.25, -0.2) is 0 Å². The van der Waals surface area contributed by atoms with Gasteiger partial charge in [0.1, 0.15) is 0 Å².